The Kier molecular flexibility index (Phi) is 5.76. The van der Waals surface area contributed by atoms with E-state index >= 15 is 0 Å². The average Bonchev–Trinajstić information content (AvgIpc) is 2.92. The highest BCUT2D eigenvalue weighted by Gasteiger charge is 2.14. The number of benzene rings is 1. The summed E-state index contributed by atoms with van der Waals surface area (Å²) in [6, 6.07) is 4.81. The molecule has 1 saturated heterocycles. The fourth-order valence-electron chi connectivity index (χ4n) is 2.51. The predicted octanol–water partition coefficient (Wildman–Crippen LogP) is 2.82. The molecule has 1 N–H and O–H groups in total. The van der Waals surface area contributed by atoms with E-state index in [9.17, 15) is 10.1 Å². The molecule has 0 radical (unpaired) electrons. The third-order valence-corrected chi connectivity index (χ3v) is 3.82. The number of likely N-dealkylation sites (tertiary alicyclic amines) is 1. The Hall–Kier alpha value is -1.17. The number of rotatable bonds is 7. The van der Waals surface area contributed by atoms with Crippen molar-refractivity contribution in [1.82, 2.24) is 10.2 Å². The van der Waals surface area contributed by atoms with E-state index in [2.05, 4.69) is 10.2 Å². The van der Waals surface area contributed by atoms with E-state index in [1.807, 2.05) is 0 Å². The van der Waals surface area contributed by atoms with Gasteiger partial charge in [0.2, 0.25) is 0 Å². The molecule has 0 aliphatic carbocycles. The highest BCUT2D eigenvalue weighted by Crippen LogP contribution is 2.22. The second-order valence-corrected chi connectivity index (χ2v) is 5.55. The molecule has 1 aliphatic heterocycles. The molecule has 1 aromatic carbocycles. The maximum Gasteiger partial charge on any atom is 0.275 e. The van der Waals surface area contributed by atoms with Gasteiger partial charge in [0.25, 0.3) is 5.69 Å². The van der Waals surface area contributed by atoms with Crippen molar-refractivity contribution < 1.29 is 4.92 Å². The maximum absolute atomic E-state index is 10.9. The van der Waals surface area contributed by atoms with Gasteiger partial charge in [0.15, 0.2) is 0 Å². The number of nitrogens with one attached hydrogen (secondary N) is 1. The lowest BCUT2D eigenvalue weighted by atomic mass is 10.2. The molecule has 0 saturated carbocycles. The van der Waals surface area contributed by atoms with Crippen molar-refractivity contribution in [2.75, 3.05) is 26.2 Å². The van der Waals surface area contributed by atoms with Gasteiger partial charge in [0, 0.05) is 23.2 Å². The molecule has 1 aromatic rings. The van der Waals surface area contributed by atoms with E-state index in [0.29, 0.717) is 17.1 Å². The fourth-order valence-corrected chi connectivity index (χ4v) is 2.68. The molecule has 1 aliphatic rings. The third-order valence-electron chi connectivity index (χ3n) is 3.59. The predicted molar refractivity (Wildman–Crippen MR) is 80.1 cm³/mol. The van der Waals surface area contributed by atoms with Crippen LogP contribution < -0.4 is 5.32 Å². The van der Waals surface area contributed by atoms with E-state index in [1.165, 1.54) is 32.0 Å². The minimum Gasteiger partial charge on any atom is -0.312 e. The van der Waals surface area contributed by atoms with Crippen LogP contribution in [-0.4, -0.2) is 36.0 Å². The second kappa shape index (κ2) is 7.57. The summed E-state index contributed by atoms with van der Waals surface area (Å²) < 4.78 is 0. The average molecular weight is 298 g/mol. The molecule has 0 atom stereocenters. The van der Waals surface area contributed by atoms with Gasteiger partial charge >= 0.3 is 0 Å². The molecule has 20 heavy (non-hydrogen) atoms. The Bertz CT molecular complexity index is 462. The number of hydrogen-bond donors (Lipinski definition) is 1. The van der Waals surface area contributed by atoms with E-state index in [4.69, 9.17) is 11.6 Å². The van der Waals surface area contributed by atoms with Crippen molar-refractivity contribution >= 4 is 17.3 Å². The van der Waals surface area contributed by atoms with Crippen LogP contribution in [-0.2, 0) is 6.54 Å². The molecule has 0 bridgehead atoms. The summed E-state index contributed by atoms with van der Waals surface area (Å²) in [4.78, 5) is 13.0. The van der Waals surface area contributed by atoms with Crippen LogP contribution in [0.2, 0.25) is 5.02 Å². The van der Waals surface area contributed by atoms with Crippen molar-refractivity contribution in [3.63, 3.8) is 0 Å². The van der Waals surface area contributed by atoms with E-state index in [1.54, 1.807) is 12.1 Å². The van der Waals surface area contributed by atoms with Gasteiger partial charge in [-0.15, -0.1) is 0 Å². The molecule has 110 valence electrons. The quantitative estimate of drug-likeness (QED) is 0.478. The first-order valence-corrected chi connectivity index (χ1v) is 7.40. The molecule has 0 aromatic heterocycles. The summed E-state index contributed by atoms with van der Waals surface area (Å²) in [6.45, 7) is 4.91. The zero-order valence-electron chi connectivity index (χ0n) is 11.5. The van der Waals surface area contributed by atoms with Crippen molar-refractivity contribution in [3.05, 3.63) is 38.9 Å². The SMILES string of the molecule is O=[N+]([O-])c1cc(Cl)ccc1CNCCCN1CCCC1. The summed E-state index contributed by atoms with van der Waals surface area (Å²) in [7, 11) is 0. The third kappa shape index (κ3) is 4.44. The lowest BCUT2D eigenvalue weighted by molar-refractivity contribution is -0.385. The molecular weight excluding hydrogens is 278 g/mol. The monoisotopic (exact) mass is 297 g/mol. The number of nitro benzene ring substituents is 1. The first-order chi connectivity index (χ1) is 9.66. The van der Waals surface area contributed by atoms with Crippen molar-refractivity contribution in [1.29, 1.82) is 0 Å². The van der Waals surface area contributed by atoms with E-state index < -0.39 is 0 Å². The van der Waals surface area contributed by atoms with Crippen LogP contribution in [0.25, 0.3) is 0 Å². The van der Waals surface area contributed by atoms with Crippen molar-refractivity contribution in [2.24, 2.45) is 0 Å². The topological polar surface area (TPSA) is 58.4 Å². The second-order valence-electron chi connectivity index (χ2n) is 5.11. The van der Waals surface area contributed by atoms with Gasteiger partial charge in [0.05, 0.1) is 4.92 Å². The fraction of sp³-hybridized carbons (Fsp3) is 0.571. The molecule has 6 heteroatoms. The zero-order valence-corrected chi connectivity index (χ0v) is 12.2. The highest BCUT2D eigenvalue weighted by molar-refractivity contribution is 6.30. The van der Waals surface area contributed by atoms with Crippen molar-refractivity contribution in [3.8, 4) is 0 Å². The molecule has 0 amide bonds. The lowest BCUT2D eigenvalue weighted by Crippen LogP contribution is -2.24. The van der Waals surface area contributed by atoms with Crippen LogP contribution in [0.1, 0.15) is 24.8 Å². The van der Waals surface area contributed by atoms with Crippen LogP contribution in [0.4, 0.5) is 5.69 Å². The van der Waals surface area contributed by atoms with Crippen molar-refractivity contribution in [2.45, 2.75) is 25.8 Å². The molecular formula is C14H20ClN3O2. The first kappa shape index (κ1) is 15.2. The lowest BCUT2D eigenvalue weighted by Gasteiger charge is -2.14. The molecule has 1 heterocycles. The minimum atomic E-state index is -0.382. The van der Waals surface area contributed by atoms with Crippen LogP contribution in [0.15, 0.2) is 18.2 Å². The molecule has 1 fully saturated rings. The standard InChI is InChI=1S/C14H20ClN3O2/c15-13-5-4-12(14(10-13)18(19)20)11-16-6-3-9-17-7-1-2-8-17/h4-5,10,16H,1-3,6-9,11H2. The summed E-state index contributed by atoms with van der Waals surface area (Å²) >= 11 is 5.79. The van der Waals surface area contributed by atoms with E-state index in [0.717, 1.165) is 19.5 Å². The summed E-state index contributed by atoms with van der Waals surface area (Å²) in [6.07, 6.45) is 3.69. The van der Waals surface area contributed by atoms with Crippen LogP contribution >= 0.6 is 11.6 Å². The van der Waals surface area contributed by atoms with Gasteiger partial charge in [-0.2, -0.15) is 0 Å². The van der Waals surface area contributed by atoms with Crippen LogP contribution in [0.5, 0.6) is 0 Å². The number of nitrogens with zero attached hydrogens (tertiary/aromatic N) is 2. The molecule has 0 spiro atoms. The molecule has 0 unspecified atom stereocenters. The Morgan fingerprint density at radius 3 is 2.80 bits per heavy atom. The number of hydrogen-bond acceptors (Lipinski definition) is 4. The van der Waals surface area contributed by atoms with Gasteiger partial charge in [-0.25, -0.2) is 0 Å². The Labute approximate surface area is 124 Å². The van der Waals surface area contributed by atoms with Gasteiger partial charge in [-0.1, -0.05) is 11.6 Å². The summed E-state index contributed by atoms with van der Waals surface area (Å²) in [5.41, 5.74) is 0.769. The van der Waals surface area contributed by atoms with Gasteiger partial charge in [0.1, 0.15) is 0 Å². The Balaban J connectivity index is 1.74. The smallest absolute Gasteiger partial charge is 0.275 e. The van der Waals surface area contributed by atoms with Crippen LogP contribution in [0.3, 0.4) is 0 Å². The maximum atomic E-state index is 10.9. The largest absolute Gasteiger partial charge is 0.312 e. The Morgan fingerprint density at radius 1 is 1.35 bits per heavy atom. The molecule has 5 nitrogen and oxygen atoms in total. The minimum absolute atomic E-state index is 0.0875. The zero-order chi connectivity index (χ0) is 14.4. The normalized spacial score (nSPS) is 15.7. The highest BCUT2D eigenvalue weighted by atomic mass is 35.5. The molecule has 2 rings (SSSR count). The Morgan fingerprint density at radius 2 is 2.10 bits per heavy atom. The number of nitro groups is 1. The van der Waals surface area contributed by atoms with Gasteiger partial charge in [-0.05, 0) is 57.6 Å². The number of halogens is 1. The van der Waals surface area contributed by atoms with E-state index in [-0.39, 0.29) is 10.6 Å². The van der Waals surface area contributed by atoms with Gasteiger partial charge in [-0.3, -0.25) is 10.1 Å². The summed E-state index contributed by atoms with van der Waals surface area (Å²) in [5, 5.41) is 14.6. The van der Waals surface area contributed by atoms with Crippen LogP contribution in [0, 0.1) is 10.1 Å². The summed E-state index contributed by atoms with van der Waals surface area (Å²) in [5.74, 6) is 0. The van der Waals surface area contributed by atoms with Gasteiger partial charge < -0.3 is 10.2 Å². The first-order valence-electron chi connectivity index (χ1n) is 7.03.